The lowest BCUT2D eigenvalue weighted by Crippen LogP contribution is -2.38. The van der Waals surface area contributed by atoms with Crippen molar-refractivity contribution < 1.29 is 28.2 Å². The van der Waals surface area contributed by atoms with Gasteiger partial charge >= 0.3 is 5.97 Å². The highest BCUT2D eigenvalue weighted by molar-refractivity contribution is 5.92. The van der Waals surface area contributed by atoms with E-state index in [0.717, 1.165) is 35.2 Å². The summed E-state index contributed by atoms with van der Waals surface area (Å²) in [5.41, 5.74) is 2.65. The molecule has 0 bridgehead atoms. The molecule has 1 fully saturated rings. The Morgan fingerprint density at radius 1 is 1.07 bits per heavy atom. The SMILES string of the molecule is CCn1cnc(Cn2c(CN3CCC(Oc4ccc(F)c(COc5ccc(C#N)cc5F)n4)CC3)nc3ccc(C(=O)O)cc32)c1. The summed E-state index contributed by atoms with van der Waals surface area (Å²) in [6.45, 7) is 4.98. The third-order valence-corrected chi connectivity index (χ3v) is 7.95. The molecule has 0 spiro atoms. The number of rotatable bonds is 11. The average Bonchev–Trinajstić information content (AvgIpc) is 3.66. The van der Waals surface area contributed by atoms with Crippen LogP contribution in [0, 0.1) is 23.0 Å². The van der Waals surface area contributed by atoms with Gasteiger partial charge in [0.25, 0.3) is 0 Å². The van der Waals surface area contributed by atoms with E-state index < -0.39 is 17.6 Å². The minimum atomic E-state index is -0.996. The van der Waals surface area contributed by atoms with Crippen molar-refractivity contribution in [2.75, 3.05) is 13.1 Å². The number of hydrogen-bond acceptors (Lipinski definition) is 8. The number of carbonyl (C=O) groups is 1. The number of nitriles is 1. The topological polar surface area (TPSA) is 131 Å². The third kappa shape index (κ3) is 6.82. The number of aromatic nitrogens is 5. The van der Waals surface area contributed by atoms with Crippen LogP contribution in [0.5, 0.6) is 11.6 Å². The van der Waals surface area contributed by atoms with Gasteiger partial charge in [0.1, 0.15) is 30.0 Å². The Kier molecular flexibility index (Phi) is 8.89. The summed E-state index contributed by atoms with van der Waals surface area (Å²) in [4.78, 5) is 27.6. The van der Waals surface area contributed by atoms with Crippen LogP contribution in [-0.4, -0.2) is 59.3 Å². The number of halogens is 2. The number of piperidine rings is 1. The van der Waals surface area contributed by atoms with Gasteiger partial charge < -0.3 is 23.7 Å². The van der Waals surface area contributed by atoms with Crippen molar-refractivity contribution in [3.8, 4) is 17.7 Å². The number of aromatic carboxylic acids is 1. The second-order valence-corrected chi connectivity index (χ2v) is 11.0. The van der Waals surface area contributed by atoms with Crippen LogP contribution >= 0.6 is 0 Å². The molecule has 2 aromatic carbocycles. The first kappa shape index (κ1) is 30.7. The number of fused-ring (bicyclic) bond motifs is 1. The summed E-state index contributed by atoms with van der Waals surface area (Å²) in [7, 11) is 0. The van der Waals surface area contributed by atoms with Crippen molar-refractivity contribution in [3.63, 3.8) is 0 Å². The zero-order chi connectivity index (χ0) is 32.2. The first-order chi connectivity index (χ1) is 22.3. The van der Waals surface area contributed by atoms with Gasteiger partial charge in [-0.2, -0.15) is 5.26 Å². The maximum atomic E-state index is 14.5. The molecule has 1 N–H and O–H groups in total. The summed E-state index contributed by atoms with van der Waals surface area (Å²) >= 11 is 0. The van der Waals surface area contributed by atoms with Crippen molar-refractivity contribution in [2.45, 2.75) is 52.1 Å². The molecule has 0 amide bonds. The summed E-state index contributed by atoms with van der Waals surface area (Å²) in [6.07, 6.45) is 5.01. The lowest BCUT2D eigenvalue weighted by atomic mass is 10.1. The Balaban J connectivity index is 1.10. The molecule has 5 aromatic rings. The van der Waals surface area contributed by atoms with Crippen molar-refractivity contribution in [2.24, 2.45) is 0 Å². The highest BCUT2D eigenvalue weighted by Crippen LogP contribution is 2.25. The van der Waals surface area contributed by atoms with E-state index in [4.69, 9.17) is 19.7 Å². The van der Waals surface area contributed by atoms with Crippen molar-refractivity contribution >= 4 is 17.0 Å². The van der Waals surface area contributed by atoms with E-state index >= 15 is 0 Å². The van der Waals surface area contributed by atoms with Gasteiger partial charge in [-0.15, -0.1) is 0 Å². The highest BCUT2D eigenvalue weighted by Gasteiger charge is 2.24. The molecular weight excluding hydrogens is 596 g/mol. The largest absolute Gasteiger partial charge is 0.484 e. The number of ether oxygens (including phenoxy) is 2. The molecule has 3 aromatic heterocycles. The molecule has 0 radical (unpaired) electrons. The number of pyridine rings is 1. The average molecular weight is 628 g/mol. The molecule has 1 saturated heterocycles. The molecule has 0 atom stereocenters. The second-order valence-electron chi connectivity index (χ2n) is 11.0. The summed E-state index contributed by atoms with van der Waals surface area (Å²) in [5.74, 6) is -1.36. The number of likely N-dealkylation sites (tertiary alicyclic amines) is 1. The van der Waals surface area contributed by atoms with Crippen LogP contribution in [0.1, 0.15) is 52.9 Å². The van der Waals surface area contributed by atoms with Crippen molar-refractivity contribution in [3.05, 3.63) is 101 Å². The molecule has 6 rings (SSSR count). The molecule has 46 heavy (non-hydrogen) atoms. The van der Waals surface area contributed by atoms with Gasteiger partial charge in [0.15, 0.2) is 11.6 Å². The molecule has 0 saturated carbocycles. The first-order valence-electron chi connectivity index (χ1n) is 14.9. The van der Waals surface area contributed by atoms with Gasteiger partial charge in [-0.25, -0.2) is 28.5 Å². The van der Waals surface area contributed by atoms with E-state index in [1.807, 2.05) is 28.3 Å². The normalized spacial score (nSPS) is 14.0. The van der Waals surface area contributed by atoms with Crippen LogP contribution in [0.3, 0.4) is 0 Å². The quantitative estimate of drug-likeness (QED) is 0.211. The van der Waals surface area contributed by atoms with Crippen LogP contribution in [0.25, 0.3) is 11.0 Å². The van der Waals surface area contributed by atoms with E-state index in [1.165, 1.54) is 24.3 Å². The fraction of sp³-hybridized carbons (Fsp3) is 0.303. The summed E-state index contributed by atoms with van der Waals surface area (Å²) < 4.78 is 44.2. The second kappa shape index (κ2) is 13.3. The Bertz CT molecular complexity index is 1930. The molecular formula is C33H31F2N7O4. The number of carboxylic acid groups (broad SMARTS) is 1. The van der Waals surface area contributed by atoms with Gasteiger partial charge in [0.2, 0.25) is 5.88 Å². The molecule has 1 aliphatic heterocycles. The fourth-order valence-electron chi connectivity index (χ4n) is 5.45. The molecule has 1 aliphatic rings. The Labute approximate surface area is 263 Å². The zero-order valence-electron chi connectivity index (χ0n) is 25.1. The zero-order valence-corrected chi connectivity index (χ0v) is 25.1. The van der Waals surface area contributed by atoms with Crippen molar-refractivity contribution in [1.82, 2.24) is 29.0 Å². The van der Waals surface area contributed by atoms with Crippen LogP contribution < -0.4 is 9.47 Å². The Hall–Kier alpha value is -5.35. The number of carboxylic acids is 1. The first-order valence-corrected chi connectivity index (χ1v) is 14.9. The van der Waals surface area contributed by atoms with Crippen LogP contribution in [-0.2, 0) is 26.2 Å². The van der Waals surface area contributed by atoms with Gasteiger partial charge in [0.05, 0.1) is 53.3 Å². The minimum Gasteiger partial charge on any atom is -0.484 e. The Morgan fingerprint density at radius 2 is 1.89 bits per heavy atom. The fourth-order valence-corrected chi connectivity index (χ4v) is 5.45. The van der Waals surface area contributed by atoms with E-state index in [2.05, 4.69) is 14.9 Å². The molecule has 13 heteroatoms. The molecule has 11 nitrogen and oxygen atoms in total. The lowest BCUT2D eigenvalue weighted by Gasteiger charge is -2.31. The third-order valence-electron chi connectivity index (χ3n) is 7.95. The molecule has 4 heterocycles. The van der Waals surface area contributed by atoms with Gasteiger partial charge in [-0.05, 0) is 62.2 Å². The number of hydrogen-bond donors (Lipinski definition) is 1. The van der Waals surface area contributed by atoms with Gasteiger partial charge in [-0.3, -0.25) is 4.90 Å². The van der Waals surface area contributed by atoms with Crippen LogP contribution in [0.4, 0.5) is 8.78 Å². The van der Waals surface area contributed by atoms with E-state index in [1.54, 1.807) is 24.5 Å². The number of aryl methyl sites for hydroxylation is 1. The molecule has 0 aliphatic carbocycles. The standard InChI is InChI=1S/C33H31F2N7O4/c1-2-40-16-23(37-20-40)17-42-29-14-22(33(43)44)4-6-27(29)38-31(42)18-41-11-9-24(10-12-41)46-32-8-5-25(34)28(39-32)19-45-30-7-3-21(15-36)13-26(30)35/h3-8,13-14,16,20,24H,2,9-12,17-19H2,1H3,(H,43,44). The predicted octanol–water partition coefficient (Wildman–Crippen LogP) is 5.17. The minimum absolute atomic E-state index is 0.0209. The van der Waals surface area contributed by atoms with Crippen LogP contribution in [0.2, 0.25) is 0 Å². The summed E-state index contributed by atoms with van der Waals surface area (Å²) in [6, 6.07) is 13.3. The smallest absolute Gasteiger partial charge is 0.335 e. The van der Waals surface area contributed by atoms with E-state index in [0.29, 0.717) is 39.0 Å². The number of imidazole rings is 2. The van der Waals surface area contributed by atoms with E-state index in [9.17, 15) is 18.7 Å². The van der Waals surface area contributed by atoms with Gasteiger partial charge in [-0.1, -0.05) is 0 Å². The maximum absolute atomic E-state index is 14.5. The molecule has 0 unspecified atom stereocenters. The maximum Gasteiger partial charge on any atom is 0.335 e. The van der Waals surface area contributed by atoms with E-state index in [-0.39, 0.29) is 41.2 Å². The number of nitrogens with zero attached hydrogens (tertiary/aromatic N) is 7. The highest BCUT2D eigenvalue weighted by atomic mass is 19.1. The molecule has 236 valence electrons. The van der Waals surface area contributed by atoms with Crippen LogP contribution in [0.15, 0.2) is 61.1 Å². The monoisotopic (exact) mass is 627 g/mol. The number of benzene rings is 2. The Morgan fingerprint density at radius 3 is 2.61 bits per heavy atom. The predicted molar refractivity (Wildman–Crippen MR) is 162 cm³/mol. The summed E-state index contributed by atoms with van der Waals surface area (Å²) in [5, 5.41) is 18.5. The lowest BCUT2D eigenvalue weighted by molar-refractivity contribution is 0.0697. The van der Waals surface area contributed by atoms with Gasteiger partial charge in [0, 0.05) is 31.9 Å². The van der Waals surface area contributed by atoms with Crippen molar-refractivity contribution in [1.29, 1.82) is 5.26 Å².